The zero-order valence-electron chi connectivity index (χ0n) is 13.0. The molecular formula is C17H26ClF2N. The van der Waals surface area contributed by atoms with E-state index in [4.69, 9.17) is 11.6 Å². The molecule has 1 aromatic carbocycles. The Morgan fingerprint density at radius 1 is 1.00 bits per heavy atom. The molecule has 0 amide bonds. The maximum absolute atomic E-state index is 13.4. The van der Waals surface area contributed by atoms with Gasteiger partial charge in [0, 0.05) is 11.1 Å². The second-order valence-corrected chi connectivity index (χ2v) is 5.95. The molecule has 0 saturated carbocycles. The zero-order chi connectivity index (χ0) is 15.7. The van der Waals surface area contributed by atoms with Gasteiger partial charge in [-0.25, -0.2) is 8.78 Å². The largest absolute Gasteiger partial charge is 0.313 e. The van der Waals surface area contributed by atoms with Crippen molar-refractivity contribution in [3.63, 3.8) is 0 Å². The van der Waals surface area contributed by atoms with Crippen molar-refractivity contribution in [3.05, 3.63) is 34.4 Å². The highest BCUT2D eigenvalue weighted by Gasteiger charge is 2.16. The Balaban J connectivity index is 2.43. The summed E-state index contributed by atoms with van der Waals surface area (Å²) in [5.41, 5.74) is 0.643. The van der Waals surface area contributed by atoms with E-state index >= 15 is 0 Å². The summed E-state index contributed by atoms with van der Waals surface area (Å²) < 4.78 is 26.5. The standard InChI is InChI=1S/C17H26ClF2N/c1-3-4-5-6-7-8-9-10-17(21-2)13-11-15(19)16(20)12-14(13)18/h11-12,17,21H,3-10H2,1-2H3. The molecule has 0 fully saturated rings. The van der Waals surface area contributed by atoms with Gasteiger partial charge in [-0.2, -0.15) is 0 Å². The molecule has 1 N–H and O–H groups in total. The SMILES string of the molecule is CCCCCCCCCC(NC)c1cc(F)c(F)cc1Cl. The Labute approximate surface area is 132 Å². The number of unbranched alkanes of at least 4 members (excludes halogenated alkanes) is 6. The van der Waals surface area contributed by atoms with E-state index in [-0.39, 0.29) is 11.1 Å². The second-order valence-electron chi connectivity index (χ2n) is 5.54. The molecule has 0 aromatic heterocycles. The summed E-state index contributed by atoms with van der Waals surface area (Å²) >= 11 is 6.03. The molecule has 120 valence electrons. The van der Waals surface area contributed by atoms with E-state index in [9.17, 15) is 8.78 Å². The first-order chi connectivity index (χ1) is 10.1. The van der Waals surface area contributed by atoms with Crippen LogP contribution in [0.3, 0.4) is 0 Å². The van der Waals surface area contributed by atoms with Crippen molar-refractivity contribution in [2.24, 2.45) is 0 Å². The van der Waals surface area contributed by atoms with Crippen molar-refractivity contribution >= 4 is 11.6 Å². The molecule has 0 spiro atoms. The number of halogens is 3. The number of benzene rings is 1. The lowest BCUT2D eigenvalue weighted by atomic mass is 9.99. The number of nitrogens with one attached hydrogen (secondary N) is 1. The van der Waals surface area contributed by atoms with Crippen LogP contribution in [-0.2, 0) is 0 Å². The molecular weight excluding hydrogens is 292 g/mol. The fourth-order valence-corrected chi connectivity index (χ4v) is 2.85. The topological polar surface area (TPSA) is 12.0 Å². The van der Waals surface area contributed by atoms with Crippen LogP contribution in [0.4, 0.5) is 8.78 Å². The van der Waals surface area contributed by atoms with Crippen molar-refractivity contribution in [2.45, 2.75) is 64.3 Å². The first-order valence-electron chi connectivity index (χ1n) is 7.91. The highest BCUT2D eigenvalue weighted by atomic mass is 35.5. The molecule has 0 bridgehead atoms. The fraction of sp³-hybridized carbons (Fsp3) is 0.647. The van der Waals surface area contributed by atoms with E-state index in [1.165, 1.54) is 44.6 Å². The van der Waals surface area contributed by atoms with Gasteiger partial charge in [0.15, 0.2) is 11.6 Å². The number of hydrogen-bond acceptors (Lipinski definition) is 1. The number of rotatable bonds is 10. The van der Waals surface area contributed by atoms with Crippen LogP contribution in [0.25, 0.3) is 0 Å². The van der Waals surface area contributed by atoms with Gasteiger partial charge in [0.1, 0.15) is 0 Å². The predicted octanol–water partition coefficient (Wildman–Crippen LogP) is 6.02. The third-order valence-corrected chi connectivity index (χ3v) is 4.19. The lowest BCUT2D eigenvalue weighted by Crippen LogP contribution is -2.17. The van der Waals surface area contributed by atoms with Gasteiger partial charge in [-0.1, -0.05) is 63.5 Å². The van der Waals surface area contributed by atoms with Crippen LogP contribution in [-0.4, -0.2) is 7.05 Å². The summed E-state index contributed by atoms with van der Waals surface area (Å²) in [5, 5.41) is 3.43. The summed E-state index contributed by atoms with van der Waals surface area (Å²) in [7, 11) is 1.82. The lowest BCUT2D eigenvalue weighted by Gasteiger charge is -2.18. The molecule has 21 heavy (non-hydrogen) atoms. The molecule has 0 saturated heterocycles. The number of hydrogen-bond donors (Lipinski definition) is 1. The predicted molar refractivity (Wildman–Crippen MR) is 85.8 cm³/mol. The lowest BCUT2D eigenvalue weighted by molar-refractivity contribution is 0.481. The van der Waals surface area contributed by atoms with Gasteiger partial charge < -0.3 is 5.32 Å². The van der Waals surface area contributed by atoms with E-state index in [0.717, 1.165) is 18.9 Å². The van der Waals surface area contributed by atoms with Crippen LogP contribution in [0, 0.1) is 11.6 Å². The third kappa shape index (κ3) is 6.31. The van der Waals surface area contributed by atoms with Crippen LogP contribution in [0.5, 0.6) is 0 Å². The van der Waals surface area contributed by atoms with Crippen LogP contribution in [0.1, 0.15) is 69.9 Å². The maximum Gasteiger partial charge on any atom is 0.160 e. The molecule has 1 nitrogen and oxygen atoms in total. The Morgan fingerprint density at radius 2 is 1.57 bits per heavy atom. The first-order valence-corrected chi connectivity index (χ1v) is 8.29. The van der Waals surface area contributed by atoms with Crippen LogP contribution >= 0.6 is 11.6 Å². The van der Waals surface area contributed by atoms with Gasteiger partial charge in [-0.15, -0.1) is 0 Å². The minimum Gasteiger partial charge on any atom is -0.313 e. The normalized spacial score (nSPS) is 12.6. The van der Waals surface area contributed by atoms with Crippen molar-refractivity contribution in [3.8, 4) is 0 Å². The average molecular weight is 318 g/mol. The summed E-state index contributed by atoms with van der Waals surface area (Å²) in [4.78, 5) is 0. The van der Waals surface area contributed by atoms with E-state index in [2.05, 4.69) is 12.2 Å². The van der Waals surface area contributed by atoms with Gasteiger partial charge in [0.2, 0.25) is 0 Å². The van der Waals surface area contributed by atoms with Crippen molar-refractivity contribution in [1.82, 2.24) is 5.32 Å². The molecule has 1 rings (SSSR count). The molecule has 1 atom stereocenters. The average Bonchev–Trinajstić information content (AvgIpc) is 2.46. The molecule has 0 aliphatic rings. The zero-order valence-corrected chi connectivity index (χ0v) is 13.8. The van der Waals surface area contributed by atoms with E-state index in [1.54, 1.807) is 0 Å². The first kappa shape index (κ1) is 18.4. The molecule has 0 aliphatic heterocycles. The van der Waals surface area contributed by atoms with E-state index < -0.39 is 11.6 Å². The van der Waals surface area contributed by atoms with Gasteiger partial charge in [0.25, 0.3) is 0 Å². The highest BCUT2D eigenvalue weighted by molar-refractivity contribution is 6.31. The van der Waals surface area contributed by atoms with Crippen LogP contribution in [0.15, 0.2) is 12.1 Å². The molecule has 1 unspecified atom stereocenters. The minimum absolute atomic E-state index is 0.0248. The fourth-order valence-electron chi connectivity index (χ4n) is 2.57. The monoisotopic (exact) mass is 317 g/mol. The van der Waals surface area contributed by atoms with Gasteiger partial charge in [-0.05, 0) is 31.2 Å². The van der Waals surface area contributed by atoms with Crippen LogP contribution in [0.2, 0.25) is 5.02 Å². The van der Waals surface area contributed by atoms with E-state index in [1.807, 2.05) is 7.05 Å². The smallest absolute Gasteiger partial charge is 0.160 e. The summed E-state index contributed by atoms with van der Waals surface area (Å²) in [6.07, 6.45) is 9.51. The Morgan fingerprint density at radius 3 is 2.19 bits per heavy atom. The third-order valence-electron chi connectivity index (χ3n) is 3.86. The Bertz CT molecular complexity index is 423. The molecule has 0 aliphatic carbocycles. The molecule has 0 radical (unpaired) electrons. The van der Waals surface area contributed by atoms with Crippen molar-refractivity contribution < 1.29 is 8.78 Å². The van der Waals surface area contributed by atoms with Gasteiger partial charge in [-0.3, -0.25) is 0 Å². The minimum atomic E-state index is -0.894. The highest BCUT2D eigenvalue weighted by Crippen LogP contribution is 2.29. The maximum atomic E-state index is 13.4. The van der Waals surface area contributed by atoms with Crippen molar-refractivity contribution in [2.75, 3.05) is 7.05 Å². The van der Waals surface area contributed by atoms with Crippen molar-refractivity contribution in [1.29, 1.82) is 0 Å². The quantitative estimate of drug-likeness (QED) is 0.411. The molecule has 0 heterocycles. The summed E-state index contributed by atoms with van der Waals surface area (Å²) in [5.74, 6) is -1.73. The summed E-state index contributed by atoms with van der Waals surface area (Å²) in [6.45, 7) is 2.21. The van der Waals surface area contributed by atoms with E-state index in [0.29, 0.717) is 5.56 Å². The summed E-state index contributed by atoms with van der Waals surface area (Å²) in [6, 6.07) is 2.24. The molecule has 1 aromatic rings. The Hall–Kier alpha value is -0.670. The van der Waals surface area contributed by atoms with Gasteiger partial charge in [0.05, 0.1) is 0 Å². The van der Waals surface area contributed by atoms with Crippen LogP contribution < -0.4 is 5.32 Å². The Kier molecular flexibility index (Phi) is 8.86. The second kappa shape index (κ2) is 10.1. The van der Waals surface area contributed by atoms with Gasteiger partial charge >= 0.3 is 0 Å². The molecule has 4 heteroatoms.